The van der Waals surface area contributed by atoms with Crippen LogP contribution in [-0.2, 0) is 65.3 Å². The van der Waals surface area contributed by atoms with E-state index in [4.69, 9.17) is 48.1 Å². The molecule has 9 rings (SSSR count). The molecule has 16 atom stereocenters. The second kappa shape index (κ2) is 47.1. The Morgan fingerprint density at radius 2 is 0.919 bits per heavy atom. The number of methoxy groups -OCH3 is 4. The third-order valence-electron chi connectivity index (χ3n) is 26.7. The van der Waals surface area contributed by atoms with Crippen molar-refractivity contribution in [3.05, 3.63) is 165 Å². The standard InChI is InChI=1S/C56H75N5O7S2.C41H65N5O5S2/c1-12-36(4)50(47(66-10)33-49(63)61-29-20-27-46(61)51(67-11)37(5)52(69)58-45(53-57-28-30-70-53)31-38-21-14-13-15-22-38)59(8)54(64)43(35(2)3)32-48(62)56(6,7)60(9)55(65)68-34-44-41-25-18-16-23-39(41)40-24-17-19-26-42(40)44;1-12-27(4)36(45(9)40(49)30(26(2)3)24-34(47)41(6,7)42-8)33(50-10)25-35(48)46-21-16-19-32(46)37(51-11)28(5)38(52)44-31(39-43-20-22-53-39)23-29-17-14-13-15-18-29/h13-19,21-26,28,30,35-37,43-47,50-51H,12,20,27,29,31-34H2,1-11H3,(H,58,69);13-15,17-18,20,22,26-28,30-33,36-37,42H,12,16,19,21,23-25H2,1-11H3,(H,44,52)/t36-,37+,43-,45-,46-,47+,50-,51+;27-,28+,30-,31-,32-,33+,36-,37+/m00/s1. The van der Waals surface area contributed by atoms with E-state index in [1.807, 2.05) is 135 Å². The summed E-state index contributed by atoms with van der Waals surface area (Å²) in [6, 6.07) is 35.4. The lowest BCUT2D eigenvalue weighted by molar-refractivity contribution is -0.149. The summed E-state index contributed by atoms with van der Waals surface area (Å²) in [6.07, 6.45) is 7.59. The molecule has 4 heterocycles. The fourth-order valence-corrected chi connectivity index (χ4v) is 20.0. The number of carbonyl (C=O) groups is 7. The van der Waals surface area contributed by atoms with Gasteiger partial charge in [-0.1, -0.05) is 216 Å². The average Bonchev–Trinajstić information content (AvgIpc) is 1.61. The zero-order chi connectivity index (χ0) is 90.3. The molecule has 2 aromatic heterocycles. The van der Waals surface area contributed by atoms with Crippen molar-refractivity contribution in [1.82, 2.24) is 50.4 Å². The topological polar surface area (TPSA) is 244 Å². The minimum atomic E-state index is -1.28. The maximum Gasteiger partial charge on any atom is 0.410 e. The number of Topliss-reactive ketones (excluding diaryl/α,β-unsaturated/α-hetero) is 2. The average molecular weight is 1770 g/mol. The Morgan fingerprint density at radius 3 is 1.27 bits per heavy atom. The summed E-state index contributed by atoms with van der Waals surface area (Å²) in [5, 5.41) is 16.1. The number of nitrogens with one attached hydrogen (secondary N) is 3. The van der Waals surface area contributed by atoms with Crippen LogP contribution in [0.4, 0.5) is 4.79 Å². The van der Waals surface area contributed by atoms with Crippen molar-refractivity contribution in [2.45, 2.75) is 252 Å². The number of likely N-dealkylation sites (tertiary alicyclic amines) is 2. The number of amides is 5. The number of ketones is 2. The Morgan fingerprint density at radius 1 is 0.537 bits per heavy atom. The molecule has 6 aromatic rings. The SMILES string of the molecule is CC[C@H](C)[C@@H]([C@@H](CC(=O)N1CCC[C@H]1[C@H](OC)[C@@H](C)C(=S)N[C@@H](Cc1ccccc1)c1nccs1)OC)N(C)C(=O)[C@@H](CC(=O)C(C)(C)N(C)C(=O)OCC1c2ccccc2-c2ccccc21)C(C)C.CC[C@H](C)[C@@H]([C@@H](CC(=O)N1CCC[C@H]1[C@H](OC)[C@@H](C)C(=S)N[C@@H](Cc1ccccc1)c1nccs1)OC)N(C)C(=O)[C@@H](CC(=O)C(C)(C)NC)C(C)C. The molecule has 26 heteroatoms. The van der Waals surface area contributed by atoms with Crippen LogP contribution in [0.2, 0.25) is 0 Å². The zero-order valence-corrected chi connectivity index (χ0v) is 80.2. The molecule has 3 aliphatic rings. The monoisotopic (exact) mass is 1760 g/mol. The van der Waals surface area contributed by atoms with E-state index in [0.29, 0.717) is 29.5 Å². The van der Waals surface area contributed by atoms with Crippen molar-refractivity contribution in [1.29, 1.82) is 0 Å². The first kappa shape index (κ1) is 101. The van der Waals surface area contributed by atoms with Crippen LogP contribution in [0.1, 0.15) is 211 Å². The van der Waals surface area contributed by atoms with E-state index < -0.39 is 47.3 Å². The number of ether oxygens (including phenoxy) is 5. The van der Waals surface area contributed by atoms with Crippen molar-refractivity contribution < 1.29 is 57.2 Å². The van der Waals surface area contributed by atoms with E-state index in [1.54, 1.807) is 103 Å². The second-order valence-corrected chi connectivity index (χ2v) is 38.4. The first-order chi connectivity index (χ1) is 58.5. The van der Waals surface area contributed by atoms with Gasteiger partial charge in [-0.15, -0.1) is 22.7 Å². The first-order valence-corrected chi connectivity index (χ1v) is 46.7. The van der Waals surface area contributed by atoms with Gasteiger partial charge in [0.2, 0.25) is 23.6 Å². The van der Waals surface area contributed by atoms with Gasteiger partial charge >= 0.3 is 6.09 Å². The lowest BCUT2D eigenvalue weighted by Gasteiger charge is -2.41. The summed E-state index contributed by atoms with van der Waals surface area (Å²) in [4.78, 5) is 118. The normalized spacial score (nSPS) is 18.2. The third-order valence-corrected chi connectivity index (χ3v) is 29.5. The minimum Gasteiger partial charge on any atom is -0.448 e. The van der Waals surface area contributed by atoms with E-state index in [2.05, 4.69) is 116 Å². The number of thiocarbonyl (C=S) groups is 2. The van der Waals surface area contributed by atoms with Crippen LogP contribution in [0.15, 0.2) is 132 Å². The van der Waals surface area contributed by atoms with Crippen molar-refractivity contribution in [2.75, 3.05) is 76.3 Å². The molecule has 0 bridgehead atoms. The number of thiazole rings is 2. The van der Waals surface area contributed by atoms with Crippen LogP contribution in [0.5, 0.6) is 0 Å². The Labute approximate surface area is 752 Å². The molecule has 0 spiro atoms. The van der Waals surface area contributed by atoms with Gasteiger partial charge < -0.3 is 59.2 Å². The number of likely N-dealkylation sites (N-methyl/N-ethyl adjacent to an activating group) is 4. The highest BCUT2D eigenvalue weighted by atomic mass is 32.1. The van der Waals surface area contributed by atoms with Crippen LogP contribution in [0.25, 0.3) is 11.1 Å². The summed E-state index contributed by atoms with van der Waals surface area (Å²) in [5.41, 5.74) is 4.80. The molecule has 2 fully saturated rings. The first-order valence-electron chi connectivity index (χ1n) is 44.1. The van der Waals surface area contributed by atoms with Crippen molar-refractivity contribution >= 4 is 98.4 Å². The number of fused-ring (bicyclic) bond motifs is 3. The molecular formula is C97H140N10O12S4. The molecule has 0 saturated carbocycles. The number of nitrogens with zero attached hydrogens (tertiary/aromatic N) is 7. The molecule has 2 aliphatic heterocycles. The molecule has 2 saturated heterocycles. The van der Waals surface area contributed by atoms with Gasteiger partial charge in [-0.05, 0) is 130 Å². The highest BCUT2D eigenvalue weighted by molar-refractivity contribution is 7.80. The Hall–Kier alpha value is -7.79. The van der Waals surface area contributed by atoms with Gasteiger partial charge in [-0.2, -0.15) is 0 Å². The highest BCUT2D eigenvalue weighted by Crippen LogP contribution is 2.45. The summed E-state index contributed by atoms with van der Waals surface area (Å²) in [7, 11) is 13.5. The van der Waals surface area contributed by atoms with E-state index in [0.717, 1.165) is 77.2 Å². The number of hydrogen-bond acceptors (Lipinski definition) is 19. The second-order valence-electron chi connectivity index (χ2n) is 35.7. The maximum absolute atomic E-state index is 14.8. The van der Waals surface area contributed by atoms with E-state index in [1.165, 1.54) is 16.0 Å². The molecule has 0 radical (unpaired) electrons. The molecule has 674 valence electrons. The van der Waals surface area contributed by atoms with Gasteiger partial charge in [0, 0.05) is 128 Å². The number of hydrogen-bond donors (Lipinski definition) is 3. The van der Waals surface area contributed by atoms with Gasteiger partial charge in [-0.25, -0.2) is 14.8 Å². The van der Waals surface area contributed by atoms with Gasteiger partial charge in [0.1, 0.15) is 16.6 Å². The molecule has 123 heavy (non-hydrogen) atoms. The van der Waals surface area contributed by atoms with Crippen LogP contribution >= 0.6 is 47.1 Å². The largest absolute Gasteiger partial charge is 0.448 e. The molecular weight excluding hydrogens is 1630 g/mol. The summed E-state index contributed by atoms with van der Waals surface area (Å²) in [6.45, 7) is 28.7. The van der Waals surface area contributed by atoms with Crippen LogP contribution in [0, 0.1) is 47.3 Å². The quantitative estimate of drug-likeness (QED) is 0.0301. The smallest absolute Gasteiger partial charge is 0.410 e. The fourth-order valence-electron chi connectivity index (χ4n) is 18.0. The van der Waals surface area contributed by atoms with E-state index in [9.17, 15) is 33.6 Å². The summed E-state index contributed by atoms with van der Waals surface area (Å²) in [5.74, 6) is -2.63. The van der Waals surface area contributed by atoms with Gasteiger partial charge in [0.15, 0.2) is 11.6 Å². The predicted molar refractivity (Wildman–Crippen MR) is 500 cm³/mol. The predicted octanol–water partition coefficient (Wildman–Crippen LogP) is 16.6. The molecule has 0 unspecified atom stereocenters. The Balaban J connectivity index is 0.000000318. The van der Waals surface area contributed by atoms with Crippen molar-refractivity contribution in [3.8, 4) is 11.1 Å². The molecule has 5 amide bonds. The van der Waals surface area contributed by atoms with E-state index >= 15 is 0 Å². The molecule has 4 aromatic carbocycles. The summed E-state index contributed by atoms with van der Waals surface area (Å²) < 4.78 is 30.6. The fraction of sp³-hybridized carbons (Fsp3) is 0.598. The number of benzene rings is 4. The van der Waals surface area contributed by atoms with Crippen LogP contribution in [-0.4, -0.2) is 222 Å². The Bertz CT molecular complexity index is 4340. The lowest BCUT2D eigenvalue weighted by Crippen LogP contribution is -2.55. The third kappa shape index (κ3) is 25.3. The maximum atomic E-state index is 14.8. The minimum absolute atomic E-state index is 0.00871. The van der Waals surface area contributed by atoms with Crippen molar-refractivity contribution in [3.63, 3.8) is 0 Å². The van der Waals surface area contributed by atoms with Gasteiger partial charge in [-0.3, -0.25) is 33.7 Å². The lowest BCUT2D eigenvalue weighted by atomic mass is 9.82. The number of rotatable bonds is 44. The van der Waals surface area contributed by atoms with Crippen LogP contribution in [0.3, 0.4) is 0 Å². The highest BCUT2D eigenvalue weighted by Gasteiger charge is 2.48. The molecule has 22 nitrogen and oxygen atoms in total. The number of carbonyl (C=O) groups excluding carboxylic acids is 7. The van der Waals surface area contributed by atoms with Crippen LogP contribution < -0.4 is 16.0 Å². The Kier molecular flexibility index (Phi) is 38.6. The molecule has 3 N–H and O–H groups in total. The van der Waals surface area contributed by atoms with Crippen molar-refractivity contribution in [2.24, 2.45) is 47.3 Å². The molecule has 1 aliphatic carbocycles. The van der Waals surface area contributed by atoms with Gasteiger partial charge in [0.25, 0.3) is 0 Å². The summed E-state index contributed by atoms with van der Waals surface area (Å²) >= 11 is 15.3. The van der Waals surface area contributed by atoms with E-state index in [-0.39, 0.29) is 151 Å². The number of aromatic nitrogens is 2. The van der Waals surface area contributed by atoms with Gasteiger partial charge in [0.05, 0.1) is 94.6 Å². The zero-order valence-electron chi connectivity index (χ0n) is 76.9.